The van der Waals surface area contributed by atoms with Crippen LogP contribution in [0.3, 0.4) is 0 Å². The Morgan fingerprint density at radius 1 is 1.21 bits per heavy atom. The van der Waals surface area contributed by atoms with Crippen molar-refractivity contribution in [3.8, 4) is 0 Å². The second kappa shape index (κ2) is 16.0. The van der Waals surface area contributed by atoms with Gasteiger partial charge in [-0.2, -0.15) is 0 Å². The number of hydrogen-bond acceptors (Lipinski definition) is 9. The number of hydrogen-bond donors (Lipinski definition) is 4. The number of ether oxygens (including phenoxy) is 3. The third kappa shape index (κ3) is 9.10. The monoisotopic (exact) mass is 585 g/mol. The molecule has 6 atom stereocenters. The molecule has 11 nitrogen and oxygen atoms in total. The minimum Gasteiger partial charge on any atom is -0.439 e. The second-order valence-electron chi connectivity index (χ2n) is 10.6. The number of nitrogens with one attached hydrogen (secondary N) is 2. The standard InChI is InChI=1S/C31H43N3O8/c1-8-12-33-26-21-13-17(2)14-25(41-7)27(36)19(4)15-20(5)29(42-31(32)39)24(40-6)11-9-10-18(3)30(38)34-22(28(21)37)16-23(26)35/h8-11,15-17,19,24-25,27,29,33,36H,1,12-14H2,2-7H3,(H2,32,39)(H,34,38)/b11-9-,18-10-,20-15-/t17-,19+,24+,25+,27-,29-/m1/s1. The van der Waals surface area contributed by atoms with E-state index in [0.717, 1.165) is 6.08 Å². The van der Waals surface area contributed by atoms with Gasteiger partial charge in [0.1, 0.15) is 6.10 Å². The van der Waals surface area contributed by atoms with Crippen LogP contribution in [-0.4, -0.2) is 73.9 Å². The minimum absolute atomic E-state index is 0.132. The number of allylic oxidation sites excluding steroid dienone is 4. The van der Waals surface area contributed by atoms with Crippen molar-refractivity contribution < 1.29 is 38.5 Å². The highest BCUT2D eigenvalue weighted by Crippen LogP contribution is 2.28. The zero-order chi connectivity index (χ0) is 31.6. The molecular formula is C31H43N3O8. The molecule has 1 aliphatic carbocycles. The van der Waals surface area contributed by atoms with Crippen molar-refractivity contribution >= 4 is 23.6 Å². The molecule has 0 aromatic carbocycles. The Kier molecular flexibility index (Phi) is 13.1. The molecule has 2 amide bonds. The second-order valence-corrected chi connectivity index (χ2v) is 10.6. The molecule has 0 aromatic heterocycles. The van der Waals surface area contributed by atoms with Crippen molar-refractivity contribution in [2.75, 3.05) is 20.8 Å². The van der Waals surface area contributed by atoms with Crippen molar-refractivity contribution in [3.05, 3.63) is 71.1 Å². The Balaban J connectivity index is 2.62. The van der Waals surface area contributed by atoms with Gasteiger partial charge in [-0.05, 0) is 38.2 Å². The molecule has 0 saturated heterocycles. The molecule has 0 saturated carbocycles. The van der Waals surface area contributed by atoms with Gasteiger partial charge in [0, 0.05) is 43.9 Å². The van der Waals surface area contributed by atoms with Crippen LogP contribution in [0.25, 0.3) is 0 Å². The summed E-state index contributed by atoms with van der Waals surface area (Å²) in [5.74, 6) is -2.14. The number of ketones is 2. The van der Waals surface area contributed by atoms with E-state index >= 15 is 0 Å². The molecule has 0 unspecified atom stereocenters. The summed E-state index contributed by atoms with van der Waals surface area (Å²) in [4.78, 5) is 51.3. The molecule has 0 fully saturated rings. The maximum Gasteiger partial charge on any atom is 0.405 e. The van der Waals surface area contributed by atoms with Crippen LogP contribution in [0.5, 0.6) is 0 Å². The van der Waals surface area contributed by atoms with E-state index in [1.54, 1.807) is 45.1 Å². The Morgan fingerprint density at radius 2 is 1.90 bits per heavy atom. The van der Waals surface area contributed by atoms with Crippen LogP contribution >= 0.6 is 0 Å². The summed E-state index contributed by atoms with van der Waals surface area (Å²) < 4.78 is 16.6. The first-order valence-corrected chi connectivity index (χ1v) is 13.8. The van der Waals surface area contributed by atoms with Crippen molar-refractivity contribution in [2.45, 2.75) is 65.0 Å². The Hall–Kier alpha value is -3.80. The van der Waals surface area contributed by atoms with Crippen LogP contribution in [0.15, 0.2) is 71.1 Å². The van der Waals surface area contributed by atoms with E-state index in [1.165, 1.54) is 20.3 Å². The van der Waals surface area contributed by atoms with Gasteiger partial charge in [0.15, 0.2) is 6.10 Å². The molecule has 5 N–H and O–H groups in total. The van der Waals surface area contributed by atoms with Crippen molar-refractivity contribution in [1.82, 2.24) is 10.6 Å². The summed E-state index contributed by atoms with van der Waals surface area (Å²) in [6.45, 7) is 10.9. The normalized spacial score (nSPS) is 31.6. The Bertz CT molecular complexity index is 1210. The van der Waals surface area contributed by atoms with Crippen LogP contribution in [0.4, 0.5) is 4.79 Å². The summed E-state index contributed by atoms with van der Waals surface area (Å²) >= 11 is 0. The lowest BCUT2D eigenvalue weighted by Crippen LogP contribution is -2.37. The van der Waals surface area contributed by atoms with E-state index < -0.39 is 53.9 Å². The first-order valence-electron chi connectivity index (χ1n) is 13.8. The maximum absolute atomic E-state index is 13.5. The third-order valence-corrected chi connectivity index (χ3v) is 7.22. The number of carbonyl (C=O) groups is 4. The van der Waals surface area contributed by atoms with E-state index in [4.69, 9.17) is 19.9 Å². The SMILES string of the molecule is C=CCNC1=C2C[C@@H](C)C[C@H](OC)[C@H](O)[C@@H](C)/C=C(/C)[C@@H](OC(N)=O)[C@@H](OC)/C=C\C=C(\C)C(=O)NC(=CC1=O)C2=O. The number of aliphatic hydroxyl groups excluding tert-OH is 1. The molecular weight excluding hydrogens is 542 g/mol. The summed E-state index contributed by atoms with van der Waals surface area (Å²) in [5.41, 5.74) is 6.42. The van der Waals surface area contributed by atoms with Crippen LogP contribution in [-0.2, 0) is 28.6 Å². The van der Waals surface area contributed by atoms with Gasteiger partial charge in [0.05, 0.1) is 23.6 Å². The highest BCUT2D eigenvalue weighted by molar-refractivity contribution is 6.23. The van der Waals surface area contributed by atoms with Gasteiger partial charge >= 0.3 is 6.09 Å². The molecule has 1 heterocycles. The number of primary amides is 1. The predicted molar refractivity (Wildman–Crippen MR) is 158 cm³/mol. The number of nitrogens with two attached hydrogens (primary N) is 1. The van der Waals surface area contributed by atoms with Crippen molar-refractivity contribution in [2.24, 2.45) is 17.6 Å². The largest absolute Gasteiger partial charge is 0.439 e. The molecule has 2 aliphatic rings. The minimum atomic E-state index is -1.00. The summed E-state index contributed by atoms with van der Waals surface area (Å²) in [6, 6.07) is 0. The quantitative estimate of drug-likeness (QED) is 0.271. The average Bonchev–Trinajstić information content (AvgIpc) is 2.94. The molecule has 42 heavy (non-hydrogen) atoms. The topological polar surface area (TPSA) is 166 Å². The first-order chi connectivity index (χ1) is 19.8. The average molecular weight is 586 g/mol. The van der Waals surface area contributed by atoms with Gasteiger partial charge in [-0.1, -0.05) is 44.2 Å². The first kappa shape index (κ1) is 34.4. The van der Waals surface area contributed by atoms with E-state index in [-0.39, 0.29) is 41.4 Å². The number of carbonyl (C=O) groups excluding carboxylic acids is 4. The lowest BCUT2D eigenvalue weighted by atomic mass is 9.85. The fourth-order valence-corrected chi connectivity index (χ4v) is 4.95. The molecule has 0 radical (unpaired) electrons. The highest BCUT2D eigenvalue weighted by Gasteiger charge is 2.33. The van der Waals surface area contributed by atoms with Gasteiger partial charge in [-0.25, -0.2) is 4.79 Å². The van der Waals surface area contributed by atoms with Crippen molar-refractivity contribution in [3.63, 3.8) is 0 Å². The van der Waals surface area contributed by atoms with Gasteiger partial charge in [0.25, 0.3) is 5.91 Å². The van der Waals surface area contributed by atoms with E-state index in [2.05, 4.69) is 17.2 Å². The number of methoxy groups -OCH3 is 2. The van der Waals surface area contributed by atoms with Gasteiger partial charge in [-0.15, -0.1) is 6.58 Å². The number of aliphatic hydroxyl groups is 1. The smallest absolute Gasteiger partial charge is 0.405 e. The molecule has 1 aliphatic heterocycles. The van der Waals surface area contributed by atoms with Gasteiger partial charge in [0.2, 0.25) is 11.6 Å². The lowest BCUT2D eigenvalue weighted by molar-refractivity contribution is -0.120. The molecule has 2 rings (SSSR count). The van der Waals surface area contributed by atoms with Gasteiger partial charge < -0.3 is 35.7 Å². The predicted octanol–water partition coefficient (Wildman–Crippen LogP) is 2.54. The fourth-order valence-electron chi connectivity index (χ4n) is 4.95. The Morgan fingerprint density at radius 3 is 2.50 bits per heavy atom. The van der Waals surface area contributed by atoms with Crippen LogP contribution < -0.4 is 16.4 Å². The van der Waals surface area contributed by atoms with Crippen molar-refractivity contribution in [1.29, 1.82) is 0 Å². The Labute approximate surface area is 247 Å². The molecule has 11 heteroatoms. The number of rotatable bonds is 6. The number of amides is 2. The highest BCUT2D eigenvalue weighted by atomic mass is 16.6. The zero-order valence-corrected chi connectivity index (χ0v) is 25.1. The van der Waals surface area contributed by atoms with E-state index in [1.807, 2.05) is 6.92 Å². The zero-order valence-electron chi connectivity index (χ0n) is 25.1. The summed E-state index contributed by atoms with van der Waals surface area (Å²) in [7, 11) is 2.92. The van der Waals surface area contributed by atoms with E-state index in [0.29, 0.717) is 12.0 Å². The van der Waals surface area contributed by atoms with Crippen LogP contribution in [0.2, 0.25) is 0 Å². The van der Waals surface area contributed by atoms with Gasteiger partial charge in [-0.3, -0.25) is 14.4 Å². The lowest BCUT2D eigenvalue weighted by Gasteiger charge is -2.30. The van der Waals surface area contributed by atoms with Crippen LogP contribution in [0, 0.1) is 11.8 Å². The number of fused-ring (bicyclic) bond motifs is 2. The summed E-state index contributed by atoms with van der Waals surface area (Å²) in [5, 5.41) is 16.7. The molecule has 0 spiro atoms. The van der Waals surface area contributed by atoms with Crippen LogP contribution in [0.1, 0.15) is 40.5 Å². The third-order valence-electron chi connectivity index (χ3n) is 7.22. The molecule has 0 aromatic rings. The number of Topliss-reactive ketones (excluding diaryl/α,β-unsaturated/α-hetero) is 1. The fraction of sp³-hybridized carbons (Fsp3) is 0.484. The van der Waals surface area contributed by atoms with E-state index in [9.17, 15) is 24.3 Å². The maximum atomic E-state index is 13.5. The summed E-state index contributed by atoms with van der Waals surface area (Å²) in [6.07, 6.45) is 5.34. The molecule has 230 valence electrons. The molecule has 2 bridgehead atoms.